The number of nitrogens with zero attached hydrogens (tertiary/aromatic N) is 1. The number of fused-ring (bicyclic) bond motifs is 1. The minimum Gasteiger partial charge on any atom is -0.489 e. The molecule has 0 heterocycles. The van der Waals surface area contributed by atoms with E-state index in [0.717, 1.165) is 22.0 Å². The van der Waals surface area contributed by atoms with Crippen molar-refractivity contribution in [3.05, 3.63) is 66.2 Å². The van der Waals surface area contributed by atoms with Gasteiger partial charge >= 0.3 is 18.1 Å². The lowest BCUT2D eigenvalue weighted by Gasteiger charge is -2.22. The number of hydrogen-bond donors (Lipinski definition) is 3. The largest absolute Gasteiger partial charge is 0.490 e. The Bertz CT molecular complexity index is 1490. The van der Waals surface area contributed by atoms with E-state index in [2.05, 4.69) is 4.72 Å². The first-order valence-corrected chi connectivity index (χ1v) is 13.5. The summed E-state index contributed by atoms with van der Waals surface area (Å²) < 4.78 is 66.1. The molecule has 14 heteroatoms. The molecular formula is C27H29F3N2O8S. The predicted molar refractivity (Wildman–Crippen MR) is 145 cm³/mol. The smallest absolute Gasteiger partial charge is 0.489 e. The monoisotopic (exact) mass is 598 g/mol. The second-order valence-corrected chi connectivity index (χ2v) is 10.7. The molecule has 2 atom stereocenters. The van der Waals surface area contributed by atoms with Gasteiger partial charge in [0.1, 0.15) is 23.0 Å². The summed E-state index contributed by atoms with van der Waals surface area (Å²) in [4.78, 5) is 32.7. The fraction of sp³-hybridized carbons (Fsp3) is 0.296. The molecule has 3 rings (SSSR count). The normalized spacial score (nSPS) is 12.9. The van der Waals surface area contributed by atoms with E-state index in [-0.39, 0.29) is 23.0 Å². The van der Waals surface area contributed by atoms with Gasteiger partial charge in [-0.2, -0.15) is 13.2 Å². The minimum atomic E-state index is -5.08. The highest BCUT2D eigenvalue weighted by Crippen LogP contribution is 2.31. The molecule has 0 saturated carbocycles. The molecule has 2 unspecified atom stereocenters. The number of hydrogen-bond acceptors (Lipinski definition) is 7. The summed E-state index contributed by atoms with van der Waals surface area (Å²) in [5.41, 5.74) is 1.79. The van der Waals surface area contributed by atoms with Crippen molar-refractivity contribution in [1.82, 2.24) is 4.72 Å². The van der Waals surface area contributed by atoms with E-state index in [4.69, 9.17) is 19.7 Å². The summed E-state index contributed by atoms with van der Waals surface area (Å²) in [6, 6.07) is 17.2. The zero-order chi connectivity index (χ0) is 31.0. The third-order valence-electron chi connectivity index (χ3n) is 5.56. The summed E-state index contributed by atoms with van der Waals surface area (Å²) in [6.45, 7) is 1.85. The lowest BCUT2D eigenvalue weighted by molar-refractivity contribution is -0.192. The zero-order valence-corrected chi connectivity index (χ0v) is 23.1. The van der Waals surface area contributed by atoms with Crippen LogP contribution in [-0.2, 0) is 30.8 Å². The fourth-order valence-corrected chi connectivity index (χ4v) is 4.98. The van der Waals surface area contributed by atoms with Gasteiger partial charge < -0.3 is 24.6 Å². The molecule has 222 valence electrons. The van der Waals surface area contributed by atoms with E-state index >= 15 is 0 Å². The number of carboxylic acids is 2. The molecule has 0 bridgehead atoms. The van der Waals surface area contributed by atoms with Crippen LogP contribution in [0.15, 0.2) is 65.6 Å². The molecule has 0 aliphatic carbocycles. The Hall–Kier alpha value is -4.17. The van der Waals surface area contributed by atoms with E-state index in [1.165, 1.54) is 6.07 Å². The quantitative estimate of drug-likeness (QED) is 0.280. The zero-order valence-electron chi connectivity index (χ0n) is 22.3. The van der Waals surface area contributed by atoms with Gasteiger partial charge in [-0.15, -0.1) is 0 Å². The third kappa shape index (κ3) is 9.76. The van der Waals surface area contributed by atoms with E-state index in [9.17, 15) is 31.2 Å². The van der Waals surface area contributed by atoms with E-state index < -0.39 is 40.6 Å². The summed E-state index contributed by atoms with van der Waals surface area (Å²) in [7, 11) is -0.592. The molecule has 0 radical (unpaired) electrons. The number of nitrogens with one attached hydrogen (secondary N) is 1. The number of alkyl halides is 3. The van der Waals surface area contributed by atoms with Gasteiger partial charge in [-0.3, -0.25) is 4.79 Å². The number of carbonyl (C=O) groups excluding carboxylic acids is 1. The van der Waals surface area contributed by atoms with Crippen LogP contribution in [0.25, 0.3) is 10.8 Å². The summed E-state index contributed by atoms with van der Waals surface area (Å²) in [5, 5.41) is 18.3. The van der Waals surface area contributed by atoms with Crippen molar-refractivity contribution in [2.75, 3.05) is 19.0 Å². The average Bonchev–Trinajstić information content (AvgIpc) is 2.87. The van der Waals surface area contributed by atoms with Crippen molar-refractivity contribution in [1.29, 1.82) is 0 Å². The molecule has 10 nitrogen and oxygen atoms in total. The van der Waals surface area contributed by atoms with Gasteiger partial charge in [0.2, 0.25) is 10.0 Å². The SMILES string of the molecule is CC(Cc1cccc2ccccc12)Oc1cc(N(C)C)ccc1S(=O)(=O)NC(C=O)CC(=O)O.O=C(O)C(F)(F)F. The number of anilines is 1. The number of benzene rings is 3. The van der Waals surface area contributed by atoms with Crippen molar-refractivity contribution in [2.24, 2.45) is 0 Å². The van der Waals surface area contributed by atoms with Gasteiger partial charge in [0, 0.05) is 32.3 Å². The summed E-state index contributed by atoms with van der Waals surface area (Å²) in [6.07, 6.45) is -5.32. The Labute approximate surface area is 234 Å². The predicted octanol–water partition coefficient (Wildman–Crippen LogP) is 3.87. The van der Waals surface area contributed by atoms with Crippen LogP contribution in [-0.4, -0.2) is 69.3 Å². The number of rotatable bonds is 11. The molecule has 0 aromatic heterocycles. The Morgan fingerprint density at radius 2 is 1.66 bits per heavy atom. The maximum absolute atomic E-state index is 13.0. The second kappa shape index (κ2) is 13.9. The highest BCUT2D eigenvalue weighted by Gasteiger charge is 2.38. The molecular weight excluding hydrogens is 569 g/mol. The molecule has 3 aromatic carbocycles. The molecule has 0 aliphatic heterocycles. The summed E-state index contributed by atoms with van der Waals surface area (Å²) >= 11 is 0. The highest BCUT2D eigenvalue weighted by molar-refractivity contribution is 7.89. The molecule has 0 spiro atoms. The van der Waals surface area contributed by atoms with Crippen LogP contribution in [0.3, 0.4) is 0 Å². The topological polar surface area (TPSA) is 150 Å². The number of halogens is 3. The maximum atomic E-state index is 13.0. The van der Waals surface area contributed by atoms with Crippen LogP contribution in [0, 0.1) is 0 Å². The average molecular weight is 599 g/mol. The van der Waals surface area contributed by atoms with Crippen molar-refractivity contribution < 1.29 is 50.9 Å². The van der Waals surface area contributed by atoms with Crippen LogP contribution in [0.5, 0.6) is 5.75 Å². The number of aliphatic carboxylic acids is 2. The van der Waals surface area contributed by atoms with Gasteiger partial charge in [-0.25, -0.2) is 17.9 Å². The molecule has 0 aliphatic rings. The van der Waals surface area contributed by atoms with Crippen LogP contribution >= 0.6 is 0 Å². The van der Waals surface area contributed by atoms with Crippen molar-refractivity contribution in [3.8, 4) is 5.75 Å². The maximum Gasteiger partial charge on any atom is 0.490 e. The van der Waals surface area contributed by atoms with Gasteiger partial charge in [-0.05, 0) is 35.4 Å². The third-order valence-corrected chi connectivity index (χ3v) is 7.09. The van der Waals surface area contributed by atoms with Crippen LogP contribution in [0.1, 0.15) is 18.9 Å². The molecule has 41 heavy (non-hydrogen) atoms. The van der Waals surface area contributed by atoms with Crippen LogP contribution in [0.2, 0.25) is 0 Å². The van der Waals surface area contributed by atoms with Gasteiger partial charge in [0.15, 0.2) is 0 Å². The van der Waals surface area contributed by atoms with Crippen molar-refractivity contribution in [3.63, 3.8) is 0 Å². The van der Waals surface area contributed by atoms with Gasteiger partial charge in [-0.1, -0.05) is 42.5 Å². The Kier molecular flexibility index (Phi) is 11.2. The van der Waals surface area contributed by atoms with Crippen molar-refractivity contribution in [2.45, 2.75) is 43.0 Å². The fourth-order valence-electron chi connectivity index (χ4n) is 3.70. The lowest BCUT2D eigenvalue weighted by Crippen LogP contribution is -2.37. The summed E-state index contributed by atoms with van der Waals surface area (Å²) in [5.74, 6) is -3.93. The highest BCUT2D eigenvalue weighted by atomic mass is 32.2. The number of carboxylic acid groups (broad SMARTS) is 2. The van der Waals surface area contributed by atoms with E-state index in [1.807, 2.05) is 68.4 Å². The first-order valence-electron chi connectivity index (χ1n) is 12.0. The lowest BCUT2D eigenvalue weighted by atomic mass is 10.0. The molecule has 0 fully saturated rings. The Balaban J connectivity index is 0.000000745. The van der Waals surface area contributed by atoms with Crippen LogP contribution < -0.4 is 14.4 Å². The Morgan fingerprint density at radius 3 is 2.22 bits per heavy atom. The van der Waals surface area contributed by atoms with Gasteiger partial charge in [0.05, 0.1) is 12.5 Å². The van der Waals surface area contributed by atoms with Crippen molar-refractivity contribution >= 4 is 44.7 Å². The van der Waals surface area contributed by atoms with E-state index in [0.29, 0.717) is 6.42 Å². The first kappa shape index (κ1) is 33.0. The molecule has 3 aromatic rings. The molecule has 0 amide bonds. The number of carbonyl (C=O) groups is 3. The van der Waals surface area contributed by atoms with E-state index in [1.54, 1.807) is 12.1 Å². The van der Waals surface area contributed by atoms with Crippen LogP contribution in [0.4, 0.5) is 18.9 Å². The molecule has 3 N–H and O–H groups in total. The number of aldehydes is 1. The Morgan fingerprint density at radius 1 is 1.05 bits per heavy atom. The second-order valence-electron chi connectivity index (χ2n) is 9.06. The number of sulfonamides is 1. The standard InChI is InChI=1S/C25H28N2O6S.C2HF3O2/c1-17(13-19-9-6-8-18-7-4-5-10-22(18)19)33-23-15-21(27(2)3)11-12-24(23)34(31,32)26-20(16-28)14-25(29)30;3-2(4,5)1(6)7/h4-12,15-17,20,26H,13-14H2,1-3H3,(H,29,30);(H,6,7). The first-order chi connectivity index (χ1) is 19.0. The number of ether oxygens (including phenoxy) is 1. The minimum absolute atomic E-state index is 0.117. The molecule has 0 saturated heterocycles. The van der Waals surface area contributed by atoms with Gasteiger partial charge in [0.25, 0.3) is 0 Å².